The first-order valence-electron chi connectivity index (χ1n) is 6.78. The molecule has 0 radical (unpaired) electrons. The van der Waals surface area contributed by atoms with Crippen LogP contribution in [-0.2, 0) is 14.6 Å². The van der Waals surface area contributed by atoms with Crippen LogP contribution in [0.5, 0.6) is 0 Å². The fraction of sp³-hybridized carbons (Fsp3) is 0.429. The summed E-state index contributed by atoms with van der Waals surface area (Å²) in [5, 5.41) is 42.3. The number of aliphatic hydroxyl groups is 4. The van der Waals surface area contributed by atoms with E-state index in [4.69, 9.17) is 16.6 Å². The van der Waals surface area contributed by atoms with Crippen LogP contribution in [-0.4, -0.2) is 55.0 Å². The van der Waals surface area contributed by atoms with Crippen molar-refractivity contribution >= 4 is 38.7 Å². The van der Waals surface area contributed by atoms with Gasteiger partial charge in [0.2, 0.25) is 6.29 Å². The second-order valence-corrected chi connectivity index (χ2v) is 6.96. The van der Waals surface area contributed by atoms with Crippen molar-refractivity contribution in [3.05, 3.63) is 36.0 Å². The molecule has 0 unspecified atom stereocenters. The van der Waals surface area contributed by atoms with Crippen LogP contribution in [0.2, 0.25) is 0 Å². The molecule has 5 atom stereocenters. The molecule has 5 N–H and O–H groups in total. The zero-order chi connectivity index (χ0) is 16.8. The third-order valence-corrected chi connectivity index (χ3v) is 5.22. The third-order valence-electron chi connectivity index (χ3n) is 4.17. The average molecular weight is 409 g/mol. The first-order valence-corrected chi connectivity index (χ1v) is 7.88. The number of hydrogen-bond acceptors (Lipinski definition) is 6. The molecule has 1 aromatic carbocycles. The van der Waals surface area contributed by atoms with Crippen molar-refractivity contribution in [2.75, 3.05) is 6.61 Å². The van der Waals surface area contributed by atoms with E-state index < -0.39 is 35.2 Å². The molecule has 1 fully saturated rings. The number of aliphatic hydroxyl groups excluding tert-OH is 3. The van der Waals surface area contributed by atoms with E-state index in [1.807, 2.05) is 0 Å². The summed E-state index contributed by atoms with van der Waals surface area (Å²) in [5.74, 6) is 0. The molecular formula is C14H15BrClNO6. The van der Waals surface area contributed by atoms with Gasteiger partial charge >= 0.3 is 0 Å². The average Bonchev–Trinajstić information content (AvgIpc) is 3.01. The molecule has 1 aromatic heterocycles. The van der Waals surface area contributed by atoms with Crippen molar-refractivity contribution in [2.24, 2.45) is 0 Å². The maximum absolute atomic E-state index is 11.2. The Bertz CT molecular complexity index is 713. The fourth-order valence-electron chi connectivity index (χ4n) is 2.92. The highest BCUT2D eigenvalue weighted by Gasteiger charge is 2.63. The lowest BCUT2D eigenvalue weighted by Crippen LogP contribution is -2.68. The molecule has 0 bridgehead atoms. The van der Waals surface area contributed by atoms with Gasteiger partial charge in [0.15, 0.2) is 10.1 Å². The Morgan fingerprint density at radius 2 is 2.04 bits per heavy atom. The molecule has 0 amide bonds. The molecule has 0 aliphatic carbocycles. The minimum absolute atomic E-state index is 0.229. The number of para-hydroxylation sites is 1. The zero-order valence-corrected chi connectivity index (χ0v) is 14.0. The molecule has 23 heavy (non-hydrogen) atoms. The number of hydrogen-bond donors (Lipinski definition) is 5. The Morgan fingerprint density at radius 1 is 1.35 bits per heavy atom. The molecule has 1 aliphatic rings. The van der Waals surface area contributed by atoms with E-state index in [0.29, 0.717) is 10.9 Å². The summed E-state index contributed by atoms with van der Waals surface area (Å²) in [6.45, 7) is -0.692. The van der Waals surface area contributed by atoms with E-state index in [9.17, 15) is 20.4 Å². The summed E-state index contributed by atoms with van der Waals surface area (Å²) < 4.78 is 8.01. The summed E-state index contributed by atoms with van der Waals surface area (Å²) in [7, 11) is 0. The lowest BCUT2D eigenvalue weighted by molar-refractivity contribution is -0.326. The zero-order valence-electron chi connectivity index (χ0n) is 11.7. The molecule has 1 aliphatic heterocycles. The van der Waals surface area contributed by atoms with Crippen LogP contribution >= 0.6 is 27.8 Å². The number of nitrogens with one attached hydrogen (secondary N) is 1. The Labute approximate surface area is 144 Å². The Kier molecular flexibility index (Phi) is 4.45. The predicted octanol–water partition coefficient (Wildman–Crippen LogP) is 0.688. The van der Waals surface area contributed by atoms with E-state index in [0.717, 1.165) is 0 Å². The van der Waals surface area contributed by atoms with Crippen molar-refractivity contribution in [2.45, 2.75) is 28.6 Å². The van der Waals surface area contributed by atoms with Crippen LogP contribution < -0.4 is 0 Å². The Morgan fingerprint density at radius 3 is 2.70 bits per heavy atom. The summed E-state index contributed by atoms with van der Waals surface area (Å²) in [5.41, 5.74) is -1.27. The van der Waals surface area contributed by atoms with Crippen molar-refractivity contribution in [1.82, 2.24) is 4.98 Å². The van der Waals surface area contributed by atoms with Crippen molar-refractivity contribution in [3.8, 4) is 0 Å². The lowest BCUT2D eigenvalue weighted by Gasteiger charge is -2.50. The summed E-state index contributed by atoms with van der Waals surface area (Å²) in [6.07, 6.45) is -3.42. The Balaban J connectivity index is 2.19. The smallest absolute Gasteiger partial charge is 0.208 e. The number of fused-ring (bicyclic) bond motifs is 1. The van der Waals surface area contributed by atoms with E-state index in [2.05, 4.69) is 25.2 Å². The normalized spacial score (nSPS) is 38.1. The fourth-order valence-corrected chi connectivity index (χ4v) is 3.59. The molecule has 0 spiro atoms. The molecule has 2 aromatic rings. The monoisotopic (exact) mass is 407 g/mol. The van der Waals surface area contributed by atoms with Gasteiger partial charge in [0.1, 0.15) is 12.2 Å². The highest BCUT2D eigenvalue weighted by molar-refractivity contribution is 9.10. The third kappa shape index (κ3) is 2.41. The largest absolute Gasteiger partial charge is 0.392 e. The van der Waals surface area contributed by atoms with Crippen molar-refractivity contribution in [3.63, 3.8) is 0 Å². The Hall–Kier alpha value is -0.710. The number of benzene rings is 1. The maximum atomic E-state index is 11.2. The van der Waals surface area contributed by atoms with Gasteiger partial charge in [-0.25, -0.2) is 4.29 Å². The van der Waals surface area contributed by atoms with Gasteiger partial charge in [-0.2, -0.15) is 0 Å². The van der Waals surface area contributed by atoms with Gasteiger partial charge in [-0.3, -0.25) is 0 Å². The molecular weight excluding hydrogens is 394 g/mol. The molecule has 1 saturated heterocycles. The maximum Gasteiger partial charge on any atom is 0.208 e. The summed E-state index contributed by atoms with van der Waals surface area (Å²) in [4.78, 5) is 2.96. The topological polar surface area (TPSA) is 115 Å². The molecule has 9 heteroatoms. The van der Waals surface area contributed by atoms with Crippen LogP contribution in [0.4, 0.5) is 0 Å². The number of ether oxygens (including phenoxy) is 1. The van der Waals surface area contributed by atoms with Crippen molar-refractivity contribution < 1.29 is 29.5 Å². The van der Waals surface area contributed by atoms with Gasteiger partial charge in [0, 0.05) is 22.7 Å². The second-order valence-electron chi connectivity index (χ2n) is 5.44. The van der Waals surface area contributed by atoms with Crippen LogP contribution in [0.15, 0.2) is 30.5 Å². The van der Waals surface area contributed by atoms with E-state index in [1.165, 1.54) is 6.20 Å². The van der Waals surface area contributed by atoms with Gasteiger partial charge in [0.25, 0.3) is 0 Å². The first-order chi connectivity index (χ1) is 10.9. The van der Waals surface area contributed by atoms with Crippen LogP contribution in [0.1, 0.15) is 5.56 Å². The summed E-state index contributed by atoms with van der Waals surface area (Å²) >= 11 is 8.38. The number of halogens is 2. The first kappa shape index (κ1) is 17.1. The van der Waals surface area contributed by atoms with Gasteiger partial charge < -0.3 is 30.1 Å². The predicted molar refractivity (Wildman–Crippen MR) is 84.8 cm³/mol. The molecule has 126 valence electrons. The number of aromatic nitrogens is 1. The van der Waals surface area contributed by atoms with Crippen LogP contribution in [0, 0.1) is 0 Å². The highest BCUT2D eigenvalue weighted by atomic mass is 79.9. The van der Waals surface area contributed by atoms with E-state index >= 15 is 0 Å². The van der Waals surface area contributed by atoms with Gasteiger partial charge in [-0.15, -0.1) is 0 Å². The summed E-state index contributed by atoms with van der Waals surface area (Å²) in [6, 6.07) is 7.06. The molecule has 0 saturated carbocycles. The van der Waals surface area contributed by atoms with Gasteiger partial charge in [-0.05, 0) is 22.0 Å². The quantitative estimate of drug-likeness (QED) is 0.477. The molecule has 3 rings (SSSR count). The van der Waals surface area contributed by atoms with Crippen molar-refractivity contribution in [1.29, 1.82) is 0 Å². The highest BCUT2D eigenvalue weighted by Crippen LogP contribution is 2.47. The minimum atomic E-state index is -2.20. The SMILES string of the molecule is OC[C@@]1(Br)O[C@@H](OCl)[C@H](O)[C@](O)(c2c[nH]c3ccccc23)[C@H]1O. The van der Waals surface area contributed by atoms with Gasteiger partial charge in [0.05, 0.1) is 18.5 Å². The van der Waals surface area contributed by atoms with E-state index in [-0.39, 0.29) is 5.56 Å². The standard InChI is InChI=1S/C14H15BrClNO6/c15-13(6-18)12(20)14(21,10(19)11(22-13)23-16)8-5-17-9-4-2-1-3-7(8)9/h1-5,10-12,17-21H,6H2/t10-,11-,12-,13+,14+/m0/s1. The molecule has 7 nitrogen and oxygen atoms in total. The number of alkyl halides is 1. The van der Waals surface area contributed by atoms with Crippen LogP contribution in [0.3, 0.4) is 0 Å². The number of rotatable bonds is 3. The second kappa shape index (κ2) is 5.98. The number of H-pyrrole nitrogens is 1. The van der Waals surface area contributed by atoms with E-state index in [1.54, 1.807) is 24.3 Å². The minimum Gasteiger partial charge on any atom is -0.392 e. The van der Waals surface area contributed by atoms with Crippen LogP contribution in [0.25, 0.3) is 10.9 Å². The molecule has 2 heterocycles. The number of aromatic amines is 1. The lowest BCUT2D eigenvalue weighted by atomic mass is 9.78. The van der Waals surface area contributed by atoms with Gasteiger partial charge in [-0.1, -0.05) is 18.2 Å².